The van der Waals surface area contributed by atoms with Crippen molar-refractivity contribution in [3.05, 3.63) is 48.0 Å². The van der Waals surface area contributed by atoms with E-state index in [0.29, 0.717) is 23.9 Å². The SMILES string of the molecule is COc1ccc2c(C#N)c(-c3ccc(NC(=O)OCC(C)(C)C)cc3)n(C3CCC3)c2c1. The summed E-state index contributed by atoms with van der Waals surface area (Å²) in [5.41, 5.74) is 4.11. The molecule has 0 spiro atoms. The van der Waals surface area contributed by atoms with E-state index in [2.05, 4.69) is 16.0 Å². The van der Waals surface area contributed by atoms with Crippen LogP contribution >= 0.6 is 0 Å². The minimum atomic E-state index is -0.471. The smallest absolute Gasteiger partial charge is 0.411 e. The molecule has 2 aromatic carbocycles. The number of benzene rings is 2. The number of rotatable bonds is 5. The standard InChI is InChI=1S/C26H29N3O3/c1-26(2,3)16-32-25(30)28-18-10-8-17(9-11-18)24-22(15-27)21-13-12-20(31-4)14-23(21)29(24)19-6-5-7-19/h8-14,19H,5-7,16H2,1-4H3,(H,28,30). The molecule has 0 saturated heterocycles. The van der Waals surface area contributed by atoms with Crippen molar-refractivity contribution in [3.63, 3.8) is 0 Å². The van der Waals surface area contributed by atoms with Gasteiger partial charge >= 0.3 is 6.09 Å². The van der Waals surface area contributed by atoms with Gasteiger partial charge < -0.3 is 14.0 Å². The zero-order valence-electron chi connectivity index (χ0n) is 19.1. The molecular formula is C26H29N3O3. The molecule has 1 aliphatic rings. The summed E-state index contributed by atoms with van der Waals surface area (Å²) in [6, 6.07) is 16.2. The highest BCUT2D eigenvalue weighted by Crippen LogP contribution is 2.43. The number of ether oxygens (including phenoxy) is 2. The number of hydrogen-bond donors (Lipinski definition) is 1. The number of hydrogen-bond acceptors (Lipinski definition) is 4. The minimum absolute atomic E-state index is 0.0908. The molecule has 32 heavy (non-hydrogen) atoms. The summed E-state index contributed by atoms with van der Waals surface area (Å²) in [5.74, 6) is 0.778. The molecule has 1 aromatic heterocycles. The van der Waals surface area contributed by atoms with E-state index in [1.54, 1.807) is 7.11 Å². The van der Waals surface area contributed by atoms with Crippen molar-refractivity contribution < 1.29 is 14.3 Å². The number of methoxy groups -OCH3 is 1. The lowest BCUT2D eigenvalue weighted by molar-refractivity contribution is 0.118. The molecule has 0 atom stereocenters. The number of nitrogens with one attached hydrogen (secondary N) is 1. The van der Waals surface area contributed by atoms with E-state index in [0.717, 1.165) is 40.8 Å². The van der Waals surface area contributed by atoms with E-state index >= 15 is 0 Å². The first-order valence-corrected chi connectivity index (χ1v) is 11.0. The largest absolute Gasteiger partial charge is 0.497 e. The van der Waals surface area contributed by atoms with Crippen LogP contribution in [0.2, 0.25) is 0 Å². The lowest BCUT2D eigenvalue weighted by Gasteiger charge is -2.30. The van der Waals surface area contributed by atoms with Crippen LogP contribution in [-0.4, -0.2) is 24.4 Å². The molecule has 0 radical (unpaired) electrons. The average molecular weight is 432 g/mol. The average Bonchev–Trinajstić information content (AvgIpc) is 3.04. The predicted octanol–water partition coefficient (Wildman–Crippen LogP) is 6.51. The summed E-state index contributed by atoms with van der Waals surface area (Å²) in [4.78, 5) is 12.1. The van der Waals surface area contributed by atoms with Crippen LogP contribution in [-0.2, 0) is 4.74 Å². The summed E-state index contributed by atoms with van der Waals surface area (Å²) >= 11 is 0. The summed E-state index contributed by atoms with van der Waals surface area (Å²) in [6.07, 6.45) is 2.91. The van der Waals surface area contributed by atoms with Gasteiger partial charge in [-0.3, -0.25) is 5.32 Å². The zero-order valence-corrected chi connectivity index (χ0v) is 19.1. The highest BCUT2D eigenvalue weighted by molar-refractivity contribution is 5.96. The van der Waals surface area contributed by atoms with Crippen LogP contribution in [0, 0.1) is 16.7 Å². The van der Waals surface area contributed by atoms with Crippen molar-refractivity contribution in [1.82, 2.24) is 4.57 Å². The zero-order chi connectivity index (χ0) is 22.9. The molecule has 1 heterocycles. The lowest BCUT2D eigenvalue weighted by atomic mass is 9.92. The van der Waals surface area contributed by atoms with Crippen molar-refractivity contribution in [3.8, 4) is 23.1 Å². The molecule has 1 saturated carbocycles. The topological polar surface area (TPSA) is 76.3 Å². The van der Waals surface area contributed by atoms with Crippen LogP contribution in [0.15, 0.2) is 42.5 Å². The van der Waals surface area contributed by atoms with Crippen LogP contribution in [0.5, 0.6) is 5.75 Å². The van der Waals surface area contributed by atoms with Crippen LogP contribution < -0.4 is 10.1 Å². The Morgan fingerprint density at radius 1 is 1.19 bits per heavy atom. The molecule has 166 valence electrons. The fourth-order valence-electron chi connectivity index (χ4n) is 3.99. The molecule has 0 unspecified atom stereocenters. The quantitative estimate of drug-likeness (QED) is 0.500. The third-order valence-electron chi connectivity index (χ3n) is 5.80. The number of fused-ring (bicyclic) bond motifs is 1. The Balaban J connectivity index is 1.69. The molecule has 1 fully saturated rings. The van der Waals surface area contributed by atoms with Gasteiger partial charge in [0, 0.05) is 23.2 Å². The number of anilines is 1. The third-order valence-corrected chi connectivity index (χ3v) is 5.80. The van der Waals surface area contributed by atoms with Gasteiger partial charge in [-0.2, -0.15) is 5.26 Å². The highest BCUT2D eigenvalue weighted by Gasteiger charge is 2.28. The highest BCUT2D eigenvalue weighted by atomic mass is 16.5. The fraction of sp³-hybridized carbons (Fsp3) is 0.385. The first-order valence-electron chi connectivity index (χ1n) is 11.0. The fourth-order valence-corrected chi connectivity index (χ4v) is 3.99. The monoisotopic (exact) mass is 431 g/mol. The van der Waals surface area contributed by atoms with Crippen LogP contribution in [0.25, 0.3) is 22.2 Å². The molecule has 3 aromatic rings. The van der Waals surface area contributed by atoms with Crippen molar-refractivity contribution >= 4 is 22.7 Å². The molecule has 1 aliphatic carbocycles. The molecule has 0 bridgehead atoms. The number of nitrogens with zero attached hydrogens (tertiary/aromatic N) is 2. The first-order chi connectivity index (χ1) is 15.3. The number of carbonyl (C=O) groups is 1. The summed E-state index contributed by atoms with van der Waals surface area (Å²) in [7, 11) is 1.65. The van der Waals surface area contributed by atoms with Crippen molar-refractivity contribution in [1.29, 1.82) is 5.26 Å². The van der Waals surface area contributed by atoms with E-state index in [9.17, 15) is 10.1 Å². The van der Waals surface area contributed by atoms with Gasteiger partial charge in [0.15, 0.2) is 0 Å². The maximum absolute atomic E-state index is 12.1. The number of aromatic nitrogens is 1. The predicted molar refractivity (Wildman–Crippen MR) is 126 cm³/mol. The van der Waals surface area contributed by atoms with E-state index in [1.165, 1.54) is 6.42 Å². The van der Waals surface area contributed by atoms with Gasteiger partial charge in [0.05, 0.1) is 30.5 Å². The second-order valence-corrected chi connectivity index (χ2v) is 9.51. The molecule has 1 amide bonds. The maximum atomic E-state index is 12.1. The van der Waals surface area contributed by atoms with E-state index in [4.69, 9.17) is 9.47 Å². The van der Waals surface area contributed by atoms with Gasteiger partial charge in [0.2, 0.25) is 0 Å². The number of carbonyl (C=O) groups excluding carboxylic acids is 1. The van der Waals surface area contributed by atoms with Gasteiger partial charge in [0.1, 0.15) is 11.8 Å². The van der Waals surface area contributed by atoms with E-state index < -0.39 is 6.09 Å². The van der Waals surface area contributed by atoms with Gasteiger partial charge in [-0.25, -0.2) is 4.79 Å². The molecular weight excluding hydrogens is 402 g/mol. The second kappa shape index (κ2) is 8.58. The van der Waals surface area contributed by atoms with Gasteiger partial charge in [-0.15, -0.1) is 0 Å². The number of amides is 1. The minimum Gasteiger partial charge on any atom is -0.497 e. The molecule has 0 aliphatic heterocycles. The molecule has 6 nitrogen and oxygen atoms in total. The van der Waals surface area contributed by atoms with E-state index in [-0.39, 0.29) is 5.41 Å². The summed E-state index contributed by atoms with van der Waals surface area (Å²) in [6.45, 7) is 6.38. The molecule has 1 N–H and O–H groups in total. The Labute approximate surface area is 188 Å². The Morgan fingerprint density at radius 3 is 2.47 bits per heavy atom. The Morgan fingerprint density at radius 2 is 1.91 bits per heavy atom. The number of nitriles is 1. The lowest BCUT2D eigenvalue weighted by Crippen LogP contribution is -2.21. The van der Waals surface area contributed by atoms with Crippen molar-refractivity contribution in [2.75, 3.05) is 19.0 Å². The first kappa shape index (κ1) is 21.8. The van der Waals surface area contributed by atoms with E-state index in [1.807, 2.05) is 63.2 Å². The van der Waals surface area contributed by atoms with Crippen LogP contribution in [0.4, 0.5) is 10.5 Å². The van der Waals surface area contributed by atoms with Crippen LogP contribution in [0.1, 0.15) is 51.6 Å². The van der Waals surface area contributed by atoms with Crippen LogP contribution in [0.3, 0.4) is 0 Å². The van der Waals surface area contributed by atoms with Gasteiger partial charge in [-0.05, 0) is 54.5 Å². The van der Waals surface area contributed by atoms with Gasteiger partial charge in [-0.1, -0.05) is 32.9 Å². The van der Waals surface area contributed by atoms with Gasteiger partial charge in [0.25, 0.3) is 0 Å². The second-order valence-electron chi connectivity index (χ2n) is 9.51. The summed E-state index contributed by atoms with van der Waals surface area (Å²) < 4.78 is 13.0. The molecule has 6 heteroatoms. The molecule has 4 rings (SSSR count). The Hall–Kier alpha value is -3.46. The Bertz CT molecular complexity index is 1180. The Kier molecular flexibility index (Phi) is 5.84. The summed E-state index contributed by atoms with van der Waals surface area (Å²) in [5, 5.41) is 13.7. The maximum Gasteiger partial charge on any atom is 0.411 e. The normalized spacial score (nSPS) is 14.0. The third kappa shape index (κ3) is 4.29. The van der Waals surface area contributed by atoms with Crippen molar-refractivity contribution in [2.24, 2.45) is 5.41 Å². The van der Waals surface area contributed by atoms with Crippen molar-refractivity contribution in [2.45, 2.75) is 46.1 Å².